The number of aromatic amines is 4. The molecular weight excluding hydrogens is 781 g/mol. The number of anilines is 4. The van der Waals surface area contributed by atoms with Crippen molar-refractivity contribution in [2.45, 2.75) is 57.2 Å². The minimum atomic E-state index is -0.439. The number of benzene rings is 3. The molecule has 2 aliphatic carbocycles. The van der Waals surface area contributed by atoms with E-state index in [1.54, 1.807) is 6.20 Å². The van der Waals surface area contributed by atoms with Crippen LogP contribution in [0.2, 0.25) is 0 Å². The van der Waals surface area contributed by atoms with Crippen LogP contribution in [0.4, 0.5) is 23.3 Å². The Morgan fingerprint density at radius 1 is 0.803 bits per heavy atom. The number of fused-ring (bicyclic) bond motifs is 2. The minimum Gasteiger partial charge on any atom is -0.488 e. The molecule has 61 heavy (non-hydrogen) atoms. The molecule has 1 saturated carbocycles. The molecule has 2 unspecified atom stereocenters. The van der Waals surface area contributed by atoms with Gasteiger partial charge >= 0.3 is 0 Å². The number of aryl methyl sites for hydroxylation is 1. The molecular formula is C42H42N14O5. The van der Waals surface area contributed by atoms with E-state index < -0.39 is 6.10 Å². The van der Waals surface area contributed by atoms with Gasteiger partial charge in [0.1, 0.15) is 17.5 Å². The first-order chi connectivity index (χ1) is 29.9. The first kappa shape index (κ1) is 37.7. The van der Waals surface area contributed by atoms with E-state index in [-0.39, 0.29) is 37.1 Å². The molecule has 0 bridgehead atoms. The lowest BCUT2D eigenvalue weighted by atomic mass is 9.93. The van der Waals surface area contributed by atoms with Crippen LogP contribution in [0.15, 0.2) is 78.7 Å². The molecule has 19 heteroatoms. The van der Waals surface area contributed by atoms with Gasteiger partial charge in [0, 0.05) is 40.2 Å². The Hall–Kier alpha value is -7.54. The number of nitrogens with one attached hydrogen (secondary N) is 8. The Balaban J connectivity index is 0.712. The standard InChI is InChI=1S/C42H42N14O5/c1-22-15-24(7-14-34(22)60-21-35(57)44-26-3-2-4-26)40-49-42(56-54-40)46-28-9-13-32-30(17-28)37(52-51-32)38-33(19-61-38)47-36(58)20-59-29-10-5-23(6-11-29)39-48-41(55-53-39)45-27-8-12-31-25(16-27)18-43-50-31/h5,7-10,12-18,26,33,38H,2-4,6,11,19-21H2,1H3,(H,43,50)(H,44,57)(H,47,58)(H,51,52)(H2,45,48,53,55)(H2,46,49,54,56). The highest BCUT2D eigenvalue weighted by Crippen LogP contribution is 2.35. The number of hydrogen-bond donors (Lipinski definition) is 8. The predicted molar refractivity (Wildman–Crippen MR) is 225 cm³/mol. The van der Waals surface area contributed by atoms with E-state index in [4.69, 9.17) is 14.2 Å². The SMILES string of the molecule is Cc1cc(-c2nnc(Nc3ccc4[nH]nc(C5OCC5NC(=O)COC5=CC=C(c6nnc(Nc7ccc8[nH]ncc8c7)[nH]6)CC5)c4c3)[nH]2)ccc1OCC(=O)NC1CCC1. The Bertz CT molecular complexity index is 2810. The Morgan fingerprint density at radius 2 is 1.57 bits per heavy atom. The molecule has 310 valence electrons. The van der Waals surface area contributed by atoms with Gasteiger partial charge in [-0.15, -0.1) is 20.4 Å². The molecule has 5 heterocycles. The number of amides is 2. The number of aromatic nitrogens is 10. The lowest BCUT2D eigenvalue weighted by Crippen LogP contribution is -2.51. The van der Waals surface area contributed by atoms with Crippen LogP contribution in [0.25, 0.3) is 38.8 Å². The highest BCUT2D eigenvalue weighted by atomic mass is 16.5. The number of H-pyrrole nitrogens is 4. The van der Waals surface area contributed by atoms with Crippen LogP contribution in [-0.4, -0.2) is 94.5 Å². The average Bonchev–Trinajstić information content (AvgIpc) is 4.08. The number of carbonyl (C=O) groups excluding carboxylic acids is 2. The molecule has 2 amide bonds. The minimum absolute atomic E-state index is 0.0222. The van der Waals surface area contributed by atoms with E-state index in [1.165, 1.54) is 0 Å². The third kappa shape index (κ3) is 8.22. The predicted octanol–water partition coefficient (Wildman–Crippen LogP) is 5.52. The third-order valence-electron chi connectivity index (χ3n) is 11.0. The first-order valence-corrected chi connectivity index (χ1v) is 20.1. The molecule has 1 aliphatic heterocycles. The maximum atomic E-state index is 13.0. The second-order valence-corrected chi connectivity index (χ2v) is 15.3. The highest BCUT2D eigenvalue weighted by Gasteiger charge is 2.37. The Morgan fingerprint density at radius 3 is 2.33 bits per heavy atom. The van der Waals surface area contributed by atoms with Crippen molar-refractivity contribution in [1.29, 1.82) is 0 Å². The van der Waals surface area contributed by atoms with E-state index in [2.05, 4.69) is 72.0 Å². The number of rotatable bonds is 15. The molecule has 8 N–H and O–H groups in total. The van der Waals surface area contributed by atoms with E-state index in [9.17, 15) is 9.59 Å². The van der Waals surface area contributed by atoms with Crippen LogP contribution in [0.5, 0.6) is 5.75 Å². The summed E-state index contributed by atoms with van der Waals surface area (Å²) in [5, 5.41) is 46.2. The van der Waals surface area contributed by atoms with E-state index in [0.29, 0.717) is 60.2 Å². The van der Waals surface area contributed by atoms with Crippen molar-refractivity contribution >= 4 is 62.5 Å². The van der Waals surface area contributed by atoms with Crippen molar-refractivity contribution in [2.75, 3.05) is 30.5 Å². The molecule has 0 radical (unpaired) electrons. The molecule has 1 saturated heterocycles. The summed E-state index contributed by atoms with van der Waals surface area (Å²) < 4.78 is 17.6. The van der Waals surface area contributed by atoms with Gasteiger partial charge < -0.3 is 45.4 Å². The van der Waals surface area contributed by atoms with Crippen molar-refractivity contribution in [1.82, 2.24) is 61.4 Å². The summed E-state index contributed by atoms with van der Waals surface area (Å²) in [4.78, 5) is 31.7. The molecule has 2 fully saturated rings. The summed E-state index contributed by atoms with van der Waals surface area (Å²) in [7, 11) is 0. The van der Waals surface area contributed by atoms with Crippen molar-refractivity contribution in [2.24, 2.45) is 0 Å². The zero-order valence-corrected chi connectivity index (χ0v) is 33.0. The van der Waals surface area contributed by atoms with Gasteiger partial charge in [0.05, 0.1) is 35.6 Å². The number of nitrogens with zero attached hydrogens (tertiary/aromatic N) is 6. The van der Waals surface area contributed by atoms with Gasteiger partial charge in [-0.3, -0.25) is 19.8 Å². The average molecular weight is 823 g/mol. The summed E-state index contributed by atoms with van der Waals surface area (Å²) in [6.07, 6.45) is 9.63. The zero-order valence-electron chi connectivity index (χ0n) is 33.0. The van der Waals surface area contributed by atoms with Gasteiger partial charge in [0.25, 0.3) is 11.8 Å². The van der Waals surface area contributed by atoms with Gasteiger partial charge in [0.2, 0.25) is 11.9 Å². The third-order valence-corrected chi connectivity index (χ3v) is 11.0. The maximum Gasteiger partial charge on any atom is 0.258 e. The summed E-state index contributed by atoms with van der Waals surface area (Å²) in [6.45, 7) is 2.13. The second kappa shape index (κ2) is 16.3. The number of ether oxygens (including phenoxy) is 3. The summed E-state index contributed by atoms with van der Waals surface area (Å²) in [6, 6.07) is 17.3. The van der Waals surface area contributed by atoms with Crippen LogP contribution in [-0.2, 0) is 19.1 Å². The van der Waals surface area contributed by atoms with Gasteiger partial charge in [-0.2, -0.15) is 10.2 Å². The van der Waals surface area contributed by atoms with Crippen LogP contribution in [0.1, 0.15) is 55.3 Å². The molecule has 3 aliphatic rings. The normalized spacial score (nSPS) is 17.5. The molecule has 10 rings (SSSR count). The van der Waals surface area contributed by atoms with Gasteiger partial charge in [-0.25, -0.2) is 0 Å². The topological polar surface area (TPSA) is 250 Å². The summed E-state index contributed by atoms with van der Waals surface area (Å²) >= 11 is 0. The van der Waals surface area contributed by atoms with Crippen LogP contribution < -0.4 is 26.0 Å². The van der Waals surface area contributed by atoms with Crippen molar-refractivity contribution in [3.63, 3.8) is 0 Å². The molecule has 3 aromatic carbocycles. The van der Waals surface area contributed by atoms with Gasteiger partial charge in [-0.1, -0.05) is 6.08 Å². The van der Waals surface area contributed by atoms with Gasteiger partial charge in [0.15, 0.2) is 24.9 Å². The number of hydrogen-bond acceptors (Lipinski definition) is 13. The molecule has 7 aromatic rings. The number of allylic oxidation sites excluding steroid dienone is 4. The molecule has 19 nitrogen and oxygen atoms in total. The van der Waals surface area contributed by atoms with E-state index in [1.807, 2.05) is 73.7 Å². The molecule has 4 aromatic heterocycles. The second-order valence-electron chi connectivity index (χ2n) is 15.3. The lowest BCUT2D eigenvalue weighted by molar-refractivity contribution is -0.136. The van der Waals surface area contributed by atoms with E-state index in [0.717, 1.165) is 69.1 Å². The highest BCUT2D eigenvalue weighted by molar-refractivity contribution is 5.86. The fourth-order valence-electron chi connectivity index (χ4n) is 7.48. The lowest BCUT2D eigenvalue weighted by Gasteiger charge is -2.36. The van der Waals surface area contributed by atoms with Crippen LogP contribution in [0, 0.1) is 6.92 Å². The maximum absolute atomic E-state index is 13.0. The fraction of sp³-hybridized carbons (Fsp3) is 0.286. The number of carbonyl (C=O) groups is 2. The first-order valence-electron chi connectivity index (χ1n) is 20.1. The fourth-order valence-corrected chi connectivity index (χ4v) is 7.48. The van der Waals surface area contributed by atoms with E-state index >= 15 is 0 Å². The van der Waals surface area contributed by atoms with Crippen LogP contribution in [0.3, 0.4) is 0 Å². The molecule has 0 spiro atoms. The van der Waals surface area contributed by atoms with Gasteiger partial charge in [-0.05, 0) is 104 Å². The summed E-state index contributed by atoms with van der Waals surface area (Å²) in [5.41, 5.74) is 6.77. The molecule has 2 atom stereocenters. The largest absolute Gasteiger partial charge is 0.488 e. The Kier molecular flexibility index (Phi) is 10.0. The van der Waals surface area contributed by atoms with Crippen LogP contribution >= 0.6 is 0 Å². The quantitative estimate of drug-likeness (QED) is 0.0635. The zero-order chi connectivity index (χ0) is 41.3. The smallest absolute Gasteiger partial charge is 0.258 e. The van der Waals surface area contributed by atoms with Crippen molar-refractivity contribution in [3.05, 3.63) is 95.8 Å². The van der Waals surface area contributed by atoms with Crippen molar-refractivity contribution < 1.29 is 23.8 Å². The summed E-state index contributed by atoms with van der Waals surface area (Å²) in [5.74, 6) is 3.22. The Labute approximate surface area is 347 Å². The van der Waals surface area contributed by atoms with Crippen molar-refractivity contribution in [3.8, 4) is 17.1 Å². The monoisotopic (exact) mass is 822 g/mol.